The van der Waals surface area contributed by atoms with Crippen molar-refractivity contribution in [3.63, 3.8) is 0 Å². The highest BCUT2D eigenvalue weighted by Gasteiger charge is 2.13. The third kappa shape index (κ3) is 3.49. The summed E-state index contributed by atoms with van der Waals surface area (Å²) in [6.45, 7) is 0. The van der Waals surface area contributed by atoms with Gasteiger partial charge in [0.1, 0.15) is 5.82 Å². The molecule has 0 fully saturated rings. The number of fused-ring (bicyclic) bond motifs is 1. The van der Waals surface area contributed by atoms with E-state index in [4.69, 9.17) is 23.1 Å². The first kappa shape index (κ1) is 16.9. The van der Waals surface area contributed by atoms with Crippen LogP contribution in [0.15, 0.2) is 47.5 Å². The fraction of sp³-hybridized carbons (Fsp3) is 0. The van der Waals surface area contributed by atoms with Crippen molar-refractivity contribution in [2.45, 2.75) is 0 Å². The Balaban J connectivity index is 0.00000192. The van der Waals surface area contributed by atoms with E-state index in [1.165, 1.54) is 6.07 Å². The van der Waals surface area contributed by atoms with E-state index in [1.54, 1.807) is 36.4 Å². The number of rotatable bonds is 2. The van der Waals surface area contributed by atoms with E-state index in [9.17, 15) is 4.39 Å². The highest BCUT2D eigenvalue weighted by Crippen LogP contribution is 2.31. The molecule has 0 aliphatic heterocycles. The standard InChI is InChI=1S/C15H11ClFN5.ClH/c16-8-5-6-12-10(7-8)13(9-3-1-2-4-11(9)17)21-15(20-12)22-14(18)19;/h1-7H,(H4,18,19,20,21,22);1H. The highest BCUT2D eigenvalue weighted by atomic mass is 35.5. The minimum atomic E-state index is -0.405. The van der Waals surface area contributed by atoms with Gasteiger partial charge in [-0.05, 0) is 30.3 Å². The number of nitrogens with two attached hydrogens (primary N) is 2. The molecule has 0 atom stereocenters. The summed E-state index contributed by atoms with van der Waals surface area (Å²) < 4.78 is 14.1. The number of nitrogens with zero attached hydrogens (tertiary/aromatic N) is 3. The molecule has 0 saturated carbocycles. The largest absolute Gasteiger partial charge is 0.370 e. The lowest BCUT2D eigenvalue weighted by molar-refractivity contribution is 0.631. The van der Waals surface area contributed by atoms with Crippen LogP contribution >= 0.6 is 24.0 Å². The summed E-state index contributed by atoms with van der Waals surface area (Å²) in [5, 5.41) is 1.12. The molecule has 1 aromatic heterocycles. The van der Waals surface area contributed by atoms with Gasteiger partial charge in [0.25, 0.3) is 5.95 Å². The maximum atomic E-state index is 14.1. The molecule has 0 bridgehead atoms. The Labute approximate surface area is 142 Å². The Morgan fingerprint density at radius 1 is 1.09 bits per heavy atom. The fourth-order valence-electron chi connectivity index (χ4n) is 2.11. The average Bonchev–Trinajstić information content (AvgIpc) is 2.47. The smallest absolute Gasteiger partial charge is 0.253 e. The van der Waals surface area contributed by atoms with Crippen LogP contribution < -0.4 is 11.5 Å². The van der Waals surface area contributed by atoms with E-state index in [2.05, 4.69) is 15.0 Å². The van der Waals surface area contributed by atoms with E-state index >= 15 is 0 Å². The van der Waals surface area contributed by atoms with Crippen LogP contribution in [0.2, 0.25) is 5.02 Å². The van der Waals surface area contributed by atoms with Gasteiger partial charge in [-0.3, -0.25) is 0 Å². The molecular formula is C15H12Cl2FN5. The second-order valence-electron chi connectivity index (χ2n) is 4.55. The van der Waals surface area contributed by atoms with Crippen molar-refractivity contribution in [1.29, 1.82) is 0 Å². The monoisotopic (exact) mass is 351 g/mol. The number of hydrogen-bond acceptors (Lipinski definition) is 3. The van der Waals surface area contributed by atoms with E-state index in [-0.39, 0.29) is 24.3 Å². The number of benzene rings is 2. The Bertz CT molecular complexity index is 894. The lowest BCUT2D eigenvalue weighted by Gasteiger charge is -2.08. The first-order valence-electron chi connectivity index (χ1n) is 6.36. The SMILES string of the molecule is Cl.NC(N)=Nc1nc(-c2ccccc2F)c2cc(Cl)ccc2n1. The Morgan fingerprint density at radius 2 is 1.83 bits per heavy atom. The molecule has 3 rings (SSSR count). The lowest BCUT2D eigenvalue weighted by Crippen LogP contribution is -2.22. The second kappa shape index (κ2) is 6.76. The molecule has 0 aliphatic rings. The summed E-state index contributed by atoms with van der Waals surface area (Å²) in [6.07, 6.45) is 0. The van der Waals surface area contributed by atoms with Crippen LogP contribution in [-0.4, -0.2) is 15.9 Å². The summed E-state index contributed by atoms with van der Waals surface area (Å²) in [7, 11) is 0. The number of aliphatic imine (C=N–C) groups is 1. The minimum Gasteiger partial charge on any atom is -0.370 e. The maximum absolute atomic E-state index is 14.1. The molecule has 0 saturated heterocycles. The summed E-state index contributed by atoms with van der Waals surface area (Å²) in [6, 6.07) is 11.4. The van der Waals surface area contributed by atoms with Crippen molar-refractivity contribution in [2.24, 2.45) is 16.5 Å². The van der Waals surface area contributed by atoms with Gasteiger partial charge in [0, 0.05) is 16.0 Å². The summed E-state index contributed by atoms with van der Waals surface area (Å²) in [5.74, 6) is -0.515. The molecule has 4 N–H and O–H groups in total. The van der Waals surface area contributed by atoms with Crippen molar-refractivity contribution < 1.29 is 4.39 Å². The van der Waals surface area contributed by atoms with Crippen molar-refractivity contribution >= 4 is 46.8 Å². The summed E-state index contributed by atoms with van der Waals surface area (Å²) >= 11 is 6.03. The van der Waals surface area contributed by atoms with Gasteiger partial charge in [0.05, 0.1) is 11.2 Å². The molecule has 0 unspecified atom stereocenters. The number of guanidine groups is 1. The van der Waals surface area contributed by atoms with Crippen LogP contribution in [0.5, 0.6) is 0 Å². The van der Waals surface area contributed by atoms with Gasteiger partial charge in [-0.25, -0.2) is 14.4 Å². The molecule has 5 nitrogen and oxygen atoms in total. The van der Waals surface area contributed by atoms with Gasteiger partial charge in [-0.15, -0.1) is 12.4 Å². The maximum Gasteiger partial charge on any atom is 0.253 e. The Morgan fingerprint density at radius 3 is 2.52 bits per heavy atom. The normalized spacial score (nSPS) is 10.2. The van der Waals surface area contributed by atoms with Crippen molar-refractivity contribution in [2.75, 3.05) is 0 Å². The van der Waals surface area contributed by atoms with Crippen LogP contribution in [-0.2, 0) is 0 Å². The molecule has 0 amide bonds. The fourth-order valence-corrected chi connectivity index (χ4v) is 2.28. The molecule has 23 heavy (non-hydrogen) atoms. The minimum absolute atomic E-state index is 0. The molecule has 0 aliphatic carbocycles. The van der Waals surface area contributed by atoms with Crippen LogP contribution in [0.3, 0.4) is 0 Å². The number of aromatic nitrogens is 2. The molecule has 0 spiro atoms. The number of hydrogen-bond donors (Lipinski definition) is 2. The molecule has 8 heteroatoms. The van der Waals surface area contributed by atoms with E-state index in [0.29, 0.717) is 27.2 Å². The summed E-state index contributed by atoms with van der Waals surface area (Å²) in [5.41, 5.74) is 12.0. The first-order valence-corrected chi connectivity index (χ1v) is 6.74. The highest BCUT2D eigenvalue weighted by molar-refractivity contribution is 6.31. The Kier molecular flexibility index (Phi) is 4.98. The Hall–Kier alpha value is -2.44. The molecule has 3 aromatic rings. The van der Waals surface area contributed by atoms with Gasteiger partial charge in [0.2, 0.25) is 0 Å². The van der Waals surface area contributed by atoms with Gasteiger partial charge >= 0.3 is 0 Å². The van der Waals surface area contributed by atoms with E-state index in [0.717, 1.165) is 0 Å². The zero-order valence-electron chi connectivity index (χ0n) is 11.7. The van der Waals surface area contributed by atoms with Gasteiger partial charge in [0.15, 0.2) is 5.96 Å². The zero-order chi connectivity index (χ0) is 15.7. The van der Waals surface area contributed by atoms with E-state index < -0.39 is 5.82 Å². The average molecular weight is 352 g/mol. The zero-order valence-corrected chi connectivity index (χ0v) is 13.3. The third-order valence-corrected chi connectivity index (χ3v) is 3.24. The van der Waals surface area contributed by atoms with Crippen LogP contribution in [0.25, 0.3) is 22.2 Å². The molecule has 118 valence electrons. The molecule has 1 heterocycles. The quantitative estimate of drug-likeness (QED) is 0.546. The number of halogens is 3. The molecular weight excluding hydrogens is 340 g/mol. The third-order valence-electron chi connectivity index (χ3n) is 3.00. The van der Waals surface area contributed by atoms with Crippen molar-refractivity contribution in [3.05, 3.63) is 53.3 Å². The summed E-state index contributed by atoms with van der Waals surface area (Å²) in [4.78, 5) is 12.3. The van der Waals surface area contributed by atoms with Gasteiger partial charge in [-0.2, -0.15) is 4.99 Å². The van der Waals surface area contributed by atoms with Crippen molar-refractivity contribution in [1.82, 2.24) is 9.97 Å². The first-order chi connectivity index (χ1) is 10.5. The molecule has 0 radical (unpaired) electrons. The lowest BCUT2D eigenvalue weighted by atomic mass is 10.1. The second-order valence-corrected chi connectivity index (χ2v) is 4.99. The van der Waals surface area contributed by atoms with Gasteiger partial charge in [-0.1, -0.05) is 23.7 Å². The van der Waals surface area contributed by atoms with Gasteiger partial charge < -0.3 is 11.5 Å². The van der Waals surface area contributed by atoms with Crippen molar-refractivity contribution in [3.8, 4) is 11.3 Å². The van der Waals surface area contributed by atoms with Crippen LogP contribution in [0, 0.1) is 5.82 Å². The predicted molar refractivity (Wildman–Crippen MR) is 92.7 cm³/mol. The predicted octanol–water partition coefficient (Wildman–Crippen LogP) is 3.42. The van der Waals surface area contributed by atoms with E-state index in [1.807, 2.05) is 0 Å². The topological polar surface area (TPSA) is 90.2 Å². The van der Waals surface area contributed by atoms with Crippen LogP contribution in [0.1, 0.15) is 0 Å². The molecule has 2 aromatic carbocycles. The van der Waals surface area contributed by atoms with Crippen LogP contribution in [0.4, 0.5) is 10.3 Å².